The Morgan fingerprint density at radius 2 is 2.00 bits per heavy atom. The number of sulfonamides is 1. The van der Waals surface area contributed by atoms with Gasteiger partial charge in [-0.1, -0.05) is 11.6 Å². The topological polar surface area (TPSA) is 141 Å². The van der Waals surface area contributed by atoms with Crippen molar-refractivity contribution >= 4 is 33.3 Å². The smallest absolute Gasteiger partial charge is 0.342 e. The van der Waals surface area contributed by atoms with Crippen molar-refractivity contribution in [2.75, 3.05) is 0 Å². The molecule has 3 N–H and O–H groups in total. The van der Waals surface area contributed by atoms with Crippen molar-refractivity contribution in [1.29, 1.82) is 0 Å². The number of rotatable bonds is 3. The molecule has 0 aromatic heterocycles. The standard InChI is InChI=1S/C7H5ClN2O6S/c8-4-2-1-3(7(11)12)5(10(13)14)6(4)17(9,15)16/h1-2H,(H,11,12)(H2,9,15,16). The van der Waals surface area contributed by atoms with Crippen molar-refractivity contribution < 1.29 is 23.2 Å². The average molecular weight is 281 g/mol. The molecule has 0 saturated heterocycles. The molecule has 0 fully saturated rings. The van der Waals surface area contributed by atoms with Crippen LogP contribution in [0, 0.1) is 10.1 Å². The van der Waals surface area contributed by atoms with Gasteiger partial charge in [0.15, 0.2) is 4.90 Å². The number of carboxylic acid groups (broad SMARTS) is 1. The Hall–Kier alpha value is -1.71. The molecule has 8 nitrogen and oxygen atoms in total. The van der Waals surface area contributed by atoms with Gasteiger partial charge in [-0.3, -0.25) is 10.1 Å². The summed E-state index contributed by atoms with van der Waals surface area (Å²) in [4.78, 5) is 19.3. The zero-order valence-electron chi connectivity index (χ0n) is 7.95. The average Bonchev–Trinajstić information content (AvgIpc) is 2.14. The minimum Gasteiger partial charge on any atom is -0.477 e. The summed E-state index contributed by atoms with van der Waals surface area (Å²) in [6.45, 7) is 0. The Morgan fingerprint density at radius 1 is 1.47 bits per heavy atom. The van der Waals surface area contributed by atoms with Gasteiger partial charge < -0.3 is 5.11 Å². The minimum absolute atomic E-state index is 0.510. The molecular weight excluding hydrogens is 276 g/mol. The molecule has 0 aliphatic rings. The quantitative estimate of drug-likeness (QED) is 0.613. The van der Waals surface area contributed by atoms with Crippen LogP contribution >= 0.6 is 11.6 Å². The maximum absolute atomic E-state index is 11.1. The highest BCUT2D eigenvalue weighted by Gasteiger charge is 2.32. The van der Waals surface area contributed by atoms with Crippen LogP contribution in [-0.4, -0.2) is 24.4 Å². The fourth-order valence-corrected chi connectivity index (χ4v) is 2.44. The Balaban J connectivity index is 3.86. The summed E-state index contributed by atoms with van der Waals surface area (Å²) in [6.07, 6.45) is 0. The molecule has 10 heteroatoms. The number of carboxylic acids is 1. The summed E-state index contributed by atoms with van der Waals surface area (Å²) in [5.74, 6) is -1.65. The largest absolute Gasteiger partial charge is 0.477 e. The highest BCUT2D eigenvalue weighted by molar-refractivity contribution is 7.89. The second-order valence-corrected chi connectivity index (χ2v) is 4.79. The molecule has 1 aromatic carbocycles. The van der Waals surface area contributed by atoms with Crippen LogP contribution in [0.4, 0.5) is 5.69 Å². The molecule has 0 saturated carbocycles. The third-order valence-corrected chi connectivity index (χ3v) is 3.19. The zero-order valence-corrected chi connectivity index (χ0v) is 9.53. The first-order valence-electron chi connectivity index (χ1n) is 3.89. The Morgan fingerprint density at radius 3 is 2.35 bits per heavy atom. The van der Waals surface area contributed by atoms with E-state index in [0.717, 1.165) is 12.1 Å². The van der Waals surface area contributed by atoms with E-state index in [-0.39, 0.29) is 0 Å². The van der Waals surface area contributed by atoms with Crippen LogP contribution in [0.5, 0.6) is 0 Å². The van der Waals surface area contributed by atoms with Gasteiger partial charge in [0.1, 0.15) is 5.56 Å². The first-order chi connectivity index (χ1) is 7.66. The number of carbonyl (C=O) groups is 1. The van der Waals surface area contributed by atoms with Crippen molar-refractivity contribution in [3.63, 3.8) is 0 Å². The monoisotopic (exact) mass is 280 g/mol. The van der Waals surface area contributed by atoms with E-state index in [9.17, 15) is 23.3 Å². The lowest BCUT2D eigenvalue weighted by atomic mass is 10.2. The number of hydrogen-bond acceptors (Lipinski definition) is 5. The number of benzene rings is 1. The predicted octanol–water partition coefficient (Wildman–Crippen LogP) is 0.594. The number of nitrogens with two attached hydrogens (primary N) is 1. The number of aromatic carboxylic acids is 1. The van der Waals surface area contributed by atoms with E-state index in [1.54, 1.807) is 0 Å². The maximum Gasteiger partial charge on any atom is 0.342 e. The van der Waals surface area contributed by atoms with Crippen molar-refractivity contribution in [1.82, 2.24) is 0 Å². The van der Waals surface area contributed by atoms with Crippen LogP contribution < -0.4 is 5.14 Å². The van der Waals surface area contributed by atoms with Gasteiger partial charge in [-0.25, -0.2) is 18.4 Å². The fraction of sp³-hybridized carbons (Fsp3) is 0. The van der Waals surface area contributed by atoms with Crippen LogP contribution in [0.3, 0.4) is 0 Å². The third kappa shape index (κ3) is 2.52. The van der Waals surface area contributed by atoms with Gasteiger partial charge in [0.25, 0.3) is 0 Å². The first-order valence-corrected chi connectivity index (χ1v) is 5.81. The van der Waals surface area contributed by atoms with Gasteiger partial charge in [-0.05, 0) is 12.1 Å². The highest BCUT2D eigenvalue weighted by Crippen LogP contribution is 2.33. The van der Waals surface area contributed by atoms with E-state index in [2.05, 4.69) is 0 Å². The Kier molecular flexibility index (Phi) is 3.36. The molecular formula is C7H5ClN2O6S. The molecule has 0 bridgehead atoms. The zero-order chi connectivity index (χ0) is 13.4. The predicted molar refractivity (Wildman–Crippen MR) is 56.4 cm³/mol. The summed E-state index contributed by atoms with van der Waals surface area (Å²) >= 11 is 5.48. The number of nitro groups is 1. The van der Waals surface area contributed by atoms with Crippen LogP contribution in [-0.2, 0) is 10.0 Å². The maximum atomic E-state index is 11.1. The second-order valence-electron chi connectivity index (χ2n) is 2.88. The second kappa shape index (κ2) is 4.28. The Labute approximate surface area is 99.8 Å². The van der Waals surface area contributed by atoms with E-state index in [1.165, 1.54) is 0 Å². The minimum atomic E-state index is -4.50. The van der Waals surface area contributed by atoms with Gasteiger partial charge in [0.2, 0.25) is 10.0 Å². The molecule has 1 aromatic rings. The van der Waals surface area contributed by atoms with Crippen LogP contribution in [0.1, 0.15) is 10.4 Å². The molecule has 0 unspecified atom stereocenters. The highest BCUT2D eigenvalue weighted by atomic mass is 35.5. The SMILES string of the molecule is NS(=O)(=O)c1c(Cl)ccc(C(=O)O)c1[N+](=O)[O-]. The molecule has 0 aliphatic carbocycles. The van der Waals surface area contributed by atoms with E-state index >= 15 is 0 Å². The number of halogens is 1. The first kappa shape index (κ1) is 13.4. The van der Waals surface area contributed by atoms with Crippen LogP contribution in [0.2, 0.25) is 5.02 Å². The molecule has 0 spiro atoms. The van der Waals surface area contributed by atoms with Crippen molar-refractivity contribution in [3.05, 3.63) is 32.8 Å². The molecule has 0 amide bonds. The number of nitro benzene ring substituents is 1. The van der Waals surface area contributed by atoms with Crippen molar-refractivity contribution in [2.24, 2.45) is 5.14 Å². The lowest BCUT2D eigenvalue weighted by Crippen LogP contribution is -2.17. The summed E-state index contributed by atoms with van der Waals surface area (Å²) in [7, 11) is -4.50. The summed E-state index contributed by atoms with van der Waals surface area (Å²) in [5, 5.41) is 23.7. The van der Waals surface area contributed by atoms with Gasteiger partial charge in [0, 0.05) is 0 Å². The van der Waals surface area contributed by atoms with E-state index in [4.69, 9.17) is 21.8 Å². The lowest BCUT2D eigenvalue weighted by Gasteiger charge is -2.05. The summed E-state index contributed by atoms with van der Waals surface area (Å²) in [5.41, 5.74) is -1.95. The molecule has 0 atom stereocenters. The van der Waals surface area contributed by atoms with Gasteiger partial charge in [0.05, 0.1) is 9.95 Å². The molecule has 0 heterocycles. The van der Waals surface area contributed by atoms with Gasteiger partial charge in [-0.2, -0.15) is 0 Å². The van der Waals surface area contributed by atoms with Crippen LogP contribution in [0.15, 0.2) is 17.0 Å². The third-order valence-electron chi connectivity index (χ3n) is 1.78. The molecule has 92 valence electrons. The van der Waals surface area contributed by atoms with Crippen molar-refractivity contribution in [2.45, 2.75) is 4.90 Å². The van der Waals surface area contributed by atoms with E-state index in [0.29, 0.717) is 0 Å². The normalized spacial score (nSPS) is 11.2. The Bertz CT molecular complexity index is 611. The summed E-state index contributed by atoms with van der Waals surface area (Å²) in [6, 6.07) is 1.75. The molecule has 17 heavy (non-hydrogen) atoms. The van der Waals surface area contributed by atoms with Gasteiger partial charge in [-0.15, -0.1) is 0 Å². The molecule has 0 aliphatic heterocycles. The number of hydrogen-bond donors (Lipinski definition) is 2. The van der Waals surface area contributed by atoms with Crippen LogP contribution in [0.25, 0.3) is 0 Å². The summed E-state index contributed by atoms with van der Waals surface area (Å²) < 4.78 is 22.3. The number of primary sulfonamides is 1. The fourth-order valence-electron chi connectivity index (χ4n) is 1.17. The molecule has 1 rings (SSSR count). The van der Waals surface area contributed by atoms with Gasteiger partial charge >= 0.3 is 11.7 Å². The van der Waals surface area contributed by atoms with E-state index in [1.807, 2.05) is 0 Å². The van der Waals surface area contributed by atoms with E-state index < -0.39 is 42.1 Å². The lowest BCUT2D eigenvalue weighted by molar-refractivity contribution is -0.388. The molecule has 0 radical (unpaired) electrons. The van der Waals surface area contributed by atoms with Crippen molar-refractivity contribution in [3.8, 4) is 0 Å². The number of nitrogens with zero attached hydrogens (tertiary/aromatic N) is 1.